The Morgan fingerprint density at radius 1 is 1.60 bits per heavy atom. The first-order chi connectivity index (χ1) is 4.66. The average Bonchev–Trinajstić information content (AvgIpc) is 1.82. The maximum atomic E-state index is 8.89. The minimum atomic E-state index is -0.802. The van der Waals surface area contributed by atoms with Crippen LogP contribution in [0.5, 0.6) is 0 Å². The molecule has 0 spiro atoms. The molecule has 0 aromatic rings. The van der Waals surface area contributed by atoms with Crippen molar-refractivity contribution in [3.63, 3.8) is 0 Å². The highest BCUT2D eigenvalue weighted by Gasteiger charge is 2.05. The van der Waals surface area contributed by atoms with Crippen molar-refractivity contribution in [2.24, 2.45) is 5.11 Å². The molecular formula is C5H10N3O2. The summed E-state index contributed by atoms with van der Waals surface area (Å²) in [4.78, 5) is 2.45. The summed E-state index contributed by atoms with van der Waals surface area (Å²) in [6, 6.07) is 0. The highest BCUT2D eigenvalue weighted by molar-refractivity contribution is 4.66. The van der Waals surface area contributed by atoms with Gasteiger partial charge in [-0.05, 0) is 18.9 Å². The molecule has 0 heterocycles. The summed E-state index contributed by atoms with van der Waals surface area (Å²) in [7, 11) is 0. The molecule has 0 aliphatic carbocycles. The van der Waals surface area contributed by atoms with E-state index in [1.165, 1.54) is 0 Å². The molecule has 0 aromatic carbocycles. The summed E-state index contributed by atoms with van der Waals surface area (Å²) in [5, 5.41) is 20.6. The second kappa shape index (κ2) is 5.05. The fourth-order valence-electron chi connectivity index (χ4n) is 0.519. The van der Waals surface area contributed by atoms with Crippen LogP contribution in [-0.4, -0.2) is 29.0 Å². The van der Waals surface area contributed by atoms with E-state index < -0.39 is 12.2 Å². The van der Waals surface area contributed by atoms with Crippen molar-refractivity contribution in [2.75, 3.05) is 6.54 Å². The lowest BCUT2D eigenvalue weighted by Gasteiger charge is -2.07. The number of hydrogen-bond acceptors (Lipinski definition) is 3. The van der Waals surface area contributed by atoms with Gasteiger partial charge in [0.15, 0.2) is 0 Å². The lowest BCUT2D eigenvalue weighted by atomic mass is 10.2. The maximum absolute atomic E-state index is 8.89. The Kier molecular flexibility index (Phi) is 4.66. The molecular weight excluding hydrogens is 134 g/mol. The number of rotatable bonds is 4. The predicted molar refractivity (Wildman–Crippen MR) is 36.0 cm³/mol. The van der Waals surface area contributed by atoms with Gasteiger partial charge in [0.1, 0.15) is 0 Å². The van der Waals surface area contributed by atoms with Gasteiger partial charge in [0.05, 0.1) is 18.8 Å². The van der Waals surface area contributed by atoms with Crippen LogP contribution in [-0.2, 0) is 0 Å². The van der Waals surface area contributed by atoms with Crippen molar-refractivity contribution in [1.82, 2.24) is 0 Å². The van der Waals surface area contributed by atoms with E-state index in [-0.39, 0.29) is 13.0 Å². The Labute approximate surface area is 58.9 Å². The molecule has 5 nitrogen and oxygen atoms in total. The third kappa shape index (κ3) is 5.37. The van der Waals surface area contributed by atoms with Gasteiger partial charge in [-0.1, -0.05) is 5.11 Å². The maximum Gasteiger partial charge on any atom is 0.0621 e. The summed E-state index contributed by atoms with van der Waals surface area (Å²) in [5.74, 6) is 0. The monoisotopic (exact) mass is 144 g/mol. The van der Waals surface area contributed by atoms with Gasteiger partial charge >= 0.3 is 0 Å². The first kappa shape index (κ1) is 9.23. The predicted octanol–water partition coefficient (Wildman–Crippen LogP) is 0.243. The molecule has 1 radical (unpaired) electrons. The number of nitrogens with zero attached hydrogens (tertiary/aromatic N) is 3. The molecule has 2 atom stereocenters. The van der Waals surface area contributed by atoms with Crippen molar-refractivity contribution in [3.8, 4) is 0 Å². The second-order valence-corrected chi connectivity index (χ2v) is 1.96. The highest BCUT2D eigenvalue weighted by Crippen LogP contribution is 1.96. The van der Waals surface area contributed by atoms with Crippen molar-refractivity contribution < 1.29 is 10.2 Å². The first-order valence-electron chi connectivity index (χ1n) is 2.87. The zero-order valence-electron chi connectivity index (χ0n) is 5.51. The van der Waals surface area contributed by atoms with Crippen LogP contribution >= 0.6 is 0 Å². The van der Waals surface area contributed by atoms with Crippen LogP contribution in [0, 0.1) is 6.92 Å². The molecule has 10 heavy (non-hydrogen) atoms. The van der Waals surface area contributed by atoms with Crippen molar-refractivity contribution in [3.05, 3.63) is 17.4 Å². The Morgan fingerprint density at radius 2 is 2.20 bits per heavy atom. The van der Waals surface area contributed by atoms with E-state index >= 15 is 0 Å². The molecule has 0 rings (SSSR count). The Morgan fingerprint density at radius 3 is 2.60 bits per heavy atom. The van der Waals surface area contributed by atoms with E-state index in [2.05, 4.69) is 16.9 Å². The van der Waals surface area contributed by atoms with E-state index in [0.717, 1.165) is 0 Å². The molecule has 0 saturated heterocycles. The fraction of sp³-hybridized carbons (Fsp3) is 0.800. The van der Waals surface area contributed by atoms with Crippen LogP contribution in [0.15, 0.2) is 5.11 Å². The summed E-state index contributed by atoms with van der Waals surface area (Å²) >= 11 is 0. The lowest BCUT2D eigenvalue weighted by molar-refractivity contribution is 0.108. The van der Waals surface area contributed by atoms with Gasteiger partial charge in [-0.25, -0.2) is 0 Å². The molecule has 0 aliphatic heterocycles. The molecule has 0 aromatic heterocycles. The van der Waals surface area contributed by atoms with Crippen molar-refractivity contribution in [2.45, 2.75) is 18.6 Å². The summed E-state index contributed by atoms with van der Waals surface area (Å²) in [6.45, 7) is 3.24. The first-order valence-corrected chi connectivity index (χ1v) is 2.87. The van der Waals surface area contributed by atoms with Crippen LogP contribution in [0.25, 0.3) is 10.4 Å². The Balaban J connectivity index is 3.42. The summed E-state index contributed by atoms with van der Waals surface area (Å²) < 4.78 is 0. The highest BCUT2D eigenvalue weighted by atomic mass is 16.3. The Bertz CT molecular complexity index is 131. The minimum Gasteiger partial charge on any atom is -0.393 e. The topological polar surface area (TPSA) is 89.2 Å². The van der Waals surface area contributed by atoms with E-state index in [4.69, 9.17) is 15.7 Å². The SMILES string of the molecule is [CH2]C(O)CC(O)CN=[N+]=[N-]. The quantitative estimate of drug-likeness (QED) is 0.336. The molecule has 0 saturated carbocycles. The van der Waals surface area contributed by atoms with Crippen LogP contribution in [0.4, 0.5) is 0 Å². The Hall–Kier alpha value is -0.770. The van der Waals surface area contributed by atoms with Gasteiger partial charge in [0.25, 0.3) is 0 Å². The van der Waals surface area contributed by atoms with E-state index in [1.807, 2.05) is 0 Å². The van der Waals surface area contributed by atoms with Gasteiger partial charge in [-0.3, -0.25) is 0 Å². The van der Waals surface area contributed by atoms with Gasteiger partial charge < -0.3 is 10.2 Å². The van der Waals surface area contributed by atoms with Gasteiger partial charge in [0, 0.05) is 4.91 Å². The molecule has 0 bridgehead atoms. The zero-order chi connectivity index (χ0) is 7.98. The molecule has 2 N–H and O–H groups in total. The molecule has 0 fully saturated rings. The summed E-state index contributed by atoms with van der Waals surface area (Å²) in [5.41, 5.74) is 7.82. The van der Waals surface area contributed by atoms with Gasteiger partial charge in [0.2, 0.25) is 0 Å². The van der Waals surface area contributed by atoms with Gasteiger partial charge in [-0.15, -0.1) is 0 Å². The molecule has 0 aliphatic rings. The third-order valence-corrected chi connectivity index (χ3v) is 0.900. The normalized spacial score (nSPS) is 15.5. The summed E-state index contributed by atoms with van der Waals surface area (Å²) in [6.07, 6.45) is -1.45. The number of aliphatic hydroxyl groups is 2. The molecule has 5 heteroatoms. The molecule has 0 amide bonds. The van der Waals surface area contributed by atoms with Gasteiger partial charge in [-0.2, -0.15) is 0 Å². The smallest absolute Gasteiger partial charge is 0.0621 e. The second-order valence-electron chi connectivity index (χ2n) is 1.96. The van der Waals surface area contributed by atoms with Crippen molar-refractivity contribution >= 4 is 0 Å². The lowest BCUT2D eigenvalue weighted by Crippen LogP contribution is -2.17. The number of hydrogen-bond donors (Lipinski definition) is 2. The van der Waals surface area contributed by atoms with Crippen LogP contribution in [0.1, 0.15) is 6.42 Å². The van der Waals surface area contributed by atoms with Crippen LogP contribution in [0.3, 0.4) is 0 Å². The number of aliphatic hydroxyl groups excluding tert-OH is 2. The zero-order valence-corrected chi connectivity index (χ0v) is 5.51. The minimum absolute atomic E-state index is 0.0108. The van der Waals surface area contributed by atoms with Crippen LogP contribution in [0.2, 0.25) is 0 Å². The van der Waals surface area contributed by atoms with Crippen LogP contribution < -0.4 is 0 Å². The largest absolute Gasteiger partial charge is 0.393 e. The average molecular weight is 144 g/mol. The number of azide groups is 1. The van der Waals surface area contributed by atoms with E-state index in [9.17, 15) is 0 Å². The van der Waals surface area contributed by atoms with E-state index in [0.29, 0.717) is 0 Å². The molecule has 2 unspecified atom stereocenters. The molecule has 57 valence electrons. The van der Waals surface area contributed by atoms with E-state index in [1.54, 1.807) is 0 Å². The van der Waals surface area contributed by atoms with Crippen molar-refractivity contribution in [1.29, 1.82) is 0 Å². The fourth-order valence-corrected chi connectivity index (χ4v) is 0.519. The standard InChI is InChI=1S/C5H10N3O2/c1-4(9)2-5(10)3-7-8-6/h4-5,9-10H,1-3H2. The third-order valence-electron chi connectivity index (χ3n) is 0.900.